The lowest BCUT2D eigenvalue weighted by Crippen LogP contribution is -2.50. The molecule has 12 nitrogen and oxygen atoms in total. The van der Waals surface area contributed by atoms with E-state index in [1.54, 1.807) is 29.2 Å². The van der Waals surface area contributed by atoms with E-state index in [2.05, 4.69) is 46.2 Å². The SMILES string of the molecule is CC(C)Oc1ccc(C(=O)Cn2nccn2)cc1-n1c(CN2CCN(C(=O)COc3ccc(C(F)(F)F)cc3)CC2)nc2cccc(C#C[Si](C)(C)C)c2c1=O. The maximum absolute atomic E-state index is 14.9. The zero-order valence-corrected chi connectivity index (χ0v) is 32.8. The van der Waals surface area contributed by atoms with Crippen molar-refractivity contribution in [1.29, 1.82) is 0 Å². The van der Waals surface area contributed by atoms with Gasteiger partial charge in [-0.15, -0.1) is 5.54 Å². The molecule has 0 N–H and O–H groups in total. The number of aromatic nitrogens is 5. The molecule has 0 aliphatic carbocycles. The van der Waals surface area contributed by atoms with Gasteiger partial charge in [0.2, 0.25) is 0 Å². The summed E-state index contributed by atoms with van der Waals surface area (Å²) in [5.41, 5.74) is 3.88. The summed E-state index contributed by atoms with van der Waals surface area (Å²) < 4.78 is 52.0. The second-order valence-corrected chi connectivity index (χ2v) is 19.4. The number of Topliss-reactive ketones (excluding diaryl/α,β-unsaturated/α-hetero) is 1. The average Bonchev–Trinajstić information content (AvgIpc) is 3.66. The molecule has 3 aromatic carbocycles. The molecule has 1 saturated heterocycles. The topological polar surface area (TPSA) is 125 Å². The molecule has 16 heteroatoms. The minimum Gasteiger partial charge on any atom is -0.489 e. The number of carbonyl (C=O) groups is 2. The minimum absolute atomic E-state index is 0.108. The van der Waals surface area contributed by atoms with Crippen LogP contribution < -0.4 is 15.0 Å². The molecule has 0 radical (unpaired) electrons. The number of fused-ring (bicyclic) bond motifs is 1. The third kappa shape index (κ3) is 9.71. The van der Waals surface area contributed by atoms with Crippen molar-refractivity contribution in [3.63, 3.8) is 0 Å². The summed E-state index contributed by atoms with van der Waals surface area (Å²) in [6, 6.07) is 14.6. The number of ether oxygens (including phenoxy) is 2. The Bertz CT molecular complexity index is 2340. The molecule has 0 bridgehead atoms. The second kappa shape index (κ2) is 16.5. The van der Waals surface area contributed by atoms with Crippen molar-refractivity contribution >= 4 is 30.7 Å². The Hall–Kier alpha value is -5.79. The van der Waals surface area contributed by atoms with E-state index in [1.165, 1.54) is 33.9 Å². The van der Waals surface area contributed by atoms with Crippen LogP contribution in [0.1, 0.15) is 41.2 Å². The van der Waals surface area contributed by atoms with Crippen molar-refractivity contribution in [3.8, 4) is 28.7 Å². The molecule has 5 aromatic rings. The van der Waals surface area contributed by atoms with Crippen LogP contribution in [0.4, 0.5) is 13.2 Å². The quantitative estimate of drug-likeness (QED) is 0.0954. The number of ketones is 1. The highest BCUT2D eigenvalue weighted by atomic mass is 28.3. The number of carbonyl (C=O) groups excluding carboxylic acids is 2. The van der Waals surface area contributed by atoms with Gasteiger partial charge in [0.25, 0.3) is 11.5 Å². The molecule has 0 unspecified atom stereocenters. The monoisotopic (exact) mass is 785 g/mol. The van der Waals surface area contributed by atoms with E-state index in [0.29, 0.717) is 65.5 Å². The fourth-order valence-electron chi connectivity index (χ4n) is 6.09. The molecule has 56 heavy (non-hydrogen) atoms. The highest BCUT2D eigenvalue weighted by Crippen LogP contribution is 2.31. The fraction of sp³-hybridized carbons (Fsp3) is 0.350. The summed E-state index contributed by atoms with van der Waals surface area (Å²) in [6.07, 6.45) is -1.76. The standard InChI is InChI=1S/C40H42F3N7O5Si/c1-27(2)55-35-14-9-29(34(51)24-49-44-16-17-45-49)23-33(35)50-36(46-32-8-6-7-28(38(32)39(50)53)15-22-56(3,4)5)25-47-18-20-48(21-19-47)37(52)26-54-31-12-10-30(11-13-31)40(41,42)43/h6-14,16-17,23,27H,18-21,24-26H2,1-5H3. The van der Waals surface area contributed by atoms with Crippen molar-refractivity contribution in [2.24, 2.45) is 0 Å². The molecule has 2 aromatic heterocycles. The van der Waals surface area contributed by atoms with E-state index in [1.807, 2.05) is 26.0 Å². The number of rotatable bonds is 11. The number of hydrogen-bond acceptors (Lipinski definition) is 9. The van der Waals surface area contributed by atoms with Crippen LogP contribution in [-0.4, -0.2) is 93.0 Å². The lowest BCUT2D eigenvalue weighted by atomic mass is 10.1. The summed E-state index contributed by atoms with van der Waals surface area (Å²) >= 11 is 0. The van der Waals surface area contributed by atoms with Gasteiger partial charge >= 0.3 is 6.18 Å². The van der Waals surface area contributed by atoms with Gasteiger partial charge in [-0.1, -0.05) is 31.6 Å². The first-order chi connectivity index (χ1) is 26.6. The van der Waals surface area contributed by atoms with Gasteiger partial charge < -0.3 is 14.4 Å². The molecule has 1 fully saturated rings. The summed E-state index contributed by atoms with van der Waals surface area (Å²) in [6.45, 7) is 11.4. The molecule has 292 valence electrons. The summed E-state index contributed by atoms with van der Waals surface area (Å²) in [7, 11) is -1.82. The molecule has 1 aliphatic rings. The maximum Gasteiger partial charge on any atom is 0.416 e. The number of alkyl halides is 3. The van der Waals surface area contributed by atoms with Crippen LogP contribution in [0.25, 0.3) is 16.6 Å². The molecule has 1 amide bonds. The van der Waals surface area contributed by atoms with Crippen LogP contribution in [0.5, 0.6) is 11.5 Å². The molecule has 0 atom stereocenters. The molecule has 6 rings (SSSR count). The Labute approximate surface area is 322 Å². The number of piperazine rings is 1. The highest BCUT2D eigenvalue weighted by molar-refractivity contribution is 6.83. The van der Waals surface area contributed by atoms with Gasteiger partial charge in [-0.2, -0.15) is 28.2 Å². The average molecular weight is 786 g/mol. The second-order valence-electron chi connectivity index (χ2n) is 14.7. The van der Waals surface area contributed by atoms with Crippen LogP contribution >= 0.6 is 0 Å². The van der Waals surface area contributed by atoms with Gasteiger partial charge in [0.05, 0.1) is 47.2 Å². The molecule has 0 spiro atoms. The zero-order valence-electron chi connectivity index (χ0n) is 31.8. The first-order valence-electron chi connectivity index (χ1n) is 18.1. The van der Waals surface area contributed by atoms with E-state index in [0.717, 1.165) is 12.1 Å². The number of nitrogens with zero attached hydrogens (tertiary/aromatic N) is 7. The van der Waals surface area contributed by atoms with E-state index >= 15 is 0 Å². The predicted molar refractivity (Wildman–Crippen MR) is 206 cm³/mol. The molecule has 1 aliphatic heterocycles. The Balaban J connectivity index is 1.32. The third-order valence-electron chi connectivity index (χ3n) is 8.81. The van der Waals surface area contributed by atoms with Crippen LogP contribution in [0.2, 0.25) is 19.6 Å². The van der Waals surface area contributed by atoms with Crippen molar-refractivity contribution in [2.75, 3.05) is 32.8 Å². The van der Waals surface area contributed by atoms with Crippen LogP contribution in [0.3, 0.4) is 0 Å². The van der Waals surface area contributed by atoms with Gasteiger partial charge in [-0.25, -0.2) is 4.98 Å². The molecular formula is C40H42F3N7O5Si. The third-order valence-corrected chi connectivity index (χ3v) is 9.68. The first kappa shape index (κ1) is 39.9. The fourth-order valence-corrected chi connectivity index (χ4v) is 6.60. The maximum atomic E-state index is 14.9. The molecular weight excluding hydrogens is 744 g/mol. The first-order valence-corrected chi connectivity index (χ1v) is 21.6. The van der Waals surface area contributed by atoms with Gasteiger partial charge in [0.15, 0.2) is 12.4 Å². The number of amides is 1. The van der Waals surface area contributed by atoms with E-state index in [4.69, 9.17) is 14.5 Å². The summed E-state index contributed by atoms with van der Waals surface area (Å²) in [4.78, 5) is 51.4. The molecule has 0 saturated carbocycles. The lowest BCUT2D eigenvalue weighted by molar-refractivity contribution is -0.138. The minimum atomic E-state index is -4.47. The van der Waals surface area contributed by atoms with Crippen molar-refractivity contribution in [2.45, 2.75) is 58.9 Å². The Morgan fingerprint density at radius 2 is 1.64 bits per heavy atom. The largest absolute Gasteiger partial charge is 0.489 e. The Kier molecular flexibility index (Phi) is 11.8. The smallest absolute Gasteiger partial charge is 0.416 e. The normalized spacial score (nSPS) is 13.8. The van der Waals surface area contributed by atoms with Crippen molar-refractivity contribution in [1.82, 2.24) is 34.3 Å². The Morgan fingerprint density at radius 1 is 0.946 bits per heavy atom. The van der Waals surface area contributed by atoms with Crippen LogP contribution in [0, 0.1) is 11.5 Å². The van der Waals surface area contributed by atoms with Crippen molar-refractivity contribution in [3.05, 3.63) is 106 Å². The van der Waals surface area contributed by atoms with E-state index in [9.17, 15) is 27.6 Å². The van der Waals surface area contributed by atoms with E-state index < -0.39 is 19.8 Å². The van der Waals surface area contributed by atoms with Gasteiger partial charge in [0.1, 0.15) is 31.9 Å². The predicted octanol–water partition coefficient (Wildman–Crippen LogP) is 5.62. The van der Waals surface area contributed by atoms with E-state index in [-0.39, 0.29) is 48.8 Å². The number of benzene rings is 3. The summed E-state index contributed by atoms with van der Waals surface area (Å²) in [5, 5.41) is 8.46. The van der Waals surface area contributed by atoms with Crippen molar-refractivity contribution < 1.29 is 32.2 Å². The Morgan fingerprint density at radius 3 is 2.29 bits per heavy atom. The summed E-state index contributed by atoms with van der Waals surface area (Å²) in [5.74, 6) is 3.61. The van der Waals surface area contributed by atoms with Gasteiger partial charge in [-0.05, 0) is 68.4 Å². The van der Waals surface area contributed by atoms with Crippen LogP contribution in [0.15, 0.2) is 77.9 Å². The number of halogens is 3. The molecule has 3 heterocycles. The van der Waals surface area contributed by atoms with Gasteiger partial charge in [0, 0.05) is 37.3 Å². The van der Waals surface area contributed by atoms with Crippen LogP contribution in [-0.2, 0) is 24.1 Å². The highest BCUT2D eigenvalue weighted by Gasteiger charge is 2.30. The number of hydrogen-bond donors (Lipinski definition) is 0. The van der Waals surface area contributed by atoms with Gasteiger partial charge in [-0.3, -0.25) is 23.9 Å². The lowest BCUT2D eigenvalue weighted by Gasteiger charge is -2.34. The zero-order chi connectivity index (χ0) is 40.2.